The maximum Gasteiger partial charge on any atom is 0.193 e. The van der Waals surface area contributed by atoms with Gasteiger partial charge in [0.2, 0.25) is 0 Å². The van der Waals surface area contributed by atoms with E-state index in [2.05, 4.69) is 4.98 Å². The minimum atomic E-state index is 0.458. The highest BCUT2D eigenvalue weighted by atomic mass is 32.1. The van der Waals surface area contributed by atoms with Crippen molar-refractivity contribution in [1.82, 2.24) is 9.38 Å². The molecule has 19 heavy (non-hydrogen) atoms. The predicted octanol–water partition coefficient (Wildman–Crippen LogP) is 3.17. The lowest BCUT2D eigenvalue weighted by Gasteiger charge is -2.12. The lowest BCUT2D eigenvalue weighted by molar-refractivity contribution is 0.298. The Kier molecular flexibility index (Phi) is 2.91. The summed E-state index contributed by atoms with van der Waals surface area (Å²) in [5, 5.41) is 2.01. The van der Waals surface area contributed by atoms with E-state index in [0.29, 0.717) is 6.61 Å². The number of nitrogens with zero attached hydrogens (tertiary/aromatic N) is 2. The summed E-state index contributed by atoms with van der Waals surface area (Å²) in [6.07, 6.45) is 3.98. The van der Waals surface area contributed by atoms with Crippen molar-refractivity contribution in [2.24, 2.45) is 0 Å². The van der Waals surface area contributed by atoms with Gasteiger partial charge in [-0.2, -0.15) is 0 Å². The molecule has 5 heteroatoms. The molecule has 0 spiro atoms. The minimum Gasteiger partial charge on any atom is -0.487 e. The Morgan fingerprint density at radius 1 is 1.37 bits per heavy atom. The van der Waals surface area contributed by atoms with Gasteiger partial charge in [0, 0.05) is 29.0 Å². The molecular formula is C14H15N3OS. The van der Waals surface area contributed by atoms with E-state index in [1.165, 1.54) is 0 Å². The van der Waals surface area contributed by atoms with E-state index in [-0.39, 0.29) is 0 Å². The third-order valence-electron chi connectivity index (χ3n) is 3.15. The molecule has 0 atom stereocenters. The fraction of sp³-hybridized carbons (Fsp3) is 0.214. The monoisotopic (exact) mass is 273 g/mol. The minimum absolute atomic E-state index is 0.458. The van der Waals surface area contributed by atoms with Gasteiger partial charge in [0.05, 0.1) is 5.69 Å². The zero-order valence-corrected chi connectivity index (χ0v) is 11.7. The molecule has 2 heterocycles. The first kappa shape index (κ1) is 12.0. The number of nitrogens with two attached hydrogens (primary N) is 1. The Morgan fingerprint density at radius 2 is 2.21 bits per heavy atom. The first-order valence-electron chi connectivity index (χ1n) is 6.04. The number of nitrogen functional groups attached to an aromatic ring is 1. The maximum atomic E-state index is 5.91. The molecule has 0 saturated carbocycles. The standard InChI is InChI=1S/C14H15N3OS/c1-9-3-4-12(15)10(2)13(9)18-8-11-7-17-5-6-19-14(17)16-11/h3-7H,8,15H2,1-2H3. The first-order chi connectivity index (χ1) is 9.15. The van der Waals surface area contributed by atoms with Gasteiger partial charge in [-0.3, -0.25) is 4.40 Å². The smallest absolute Gasteiger partial charge is 0.193 e. The number of benzene rings is 1. The average Bonchev–Trinajstić information content (AvgIpc) is 2.95. The van der Waals surface area contributed by atoms with E-state index in [9.17, 15) is 0 Å². The zero-order chi connectivity index (χ0) is 13.4. The van der Waals surface area contributed by atoms with Gasteiger partial charge in [0.25, 0.3) is 0 Å². The highest BCUT2D eigenvalue weighted by molar-refractivity contribution is 7.15. The number of aryl methyl sites for hydroxylation is 1. The van der Waals surface area contributed by atoms with Crippen LogP contribution in [-0.2, 0) is 6.61 Å². The van der Waals surface area contributed by atoms with Gasteiger partial charge in [0.15, 0.2) is 4.96 Å². The van der Waals surface area contributed by atoms with Crippen LogP contribution in [0, 0.1) is 13.8 Å². The van der Waals surface area contributed by atoms with E-state index < -0.39 is 0 Å². The fourth-order valence-electron chi connectivity index (χ4n) is 2.06. The SMILES string of the molecule is Cc1ccc(N)c(C)c1OCc1cn2ccsc2n1. The summed E-state index contributed by atoms with van der Waals surface area (Å²) in [5.41, 5.74) is 9.66. The molecule has 4 nitrogen and oxygen atoms in total. The second kappa shape index (κ2) is 4.59. The Hall–Kier alpha value is -2.01. The predicted molar refractivity (Wildman–Crippen MR) is 77.7 cm³/mol. The van der Waals surface area contributed by atoms with Crippen molar-refractivity contribution in [2.75, 3.05) is 5.73 Å². The van der Waals surface area contributed by atoms with Crippen molar-refractivity contribution in [3.05, 3.63) is 46.7 Å². The molecule has 0 bridgehead atoms. The molecule has 0 aliphatic rings. The highest BCUT2D eigenvalue weighted by Crippen LogP contribution is 2.28. The molecule has 0 unspecified atom stereocenters. The summed E-state index contributed by atoms with van der Waals surface area (Å²) in [5.74, 6) is 0.858. The number of imidazole rings is 1. The molecule has 0 aliphatic heterocycles. The molecule has 0 amide bonds. The van der Waals surface area contributed by atoms with Crippen LogP contribution in [-0.4, -0.2) is 9.38 Å². The third kappa shape index (κ3) is 2.17. The largest absolute Gasteiger partial charge is 0.487 e. The van der Waals surface area contributed by atoms with Crippen molar-refractivity contribution in [1.29, 1.82) is 0 Å². The molecule has 2 N–H and O–H groups in total. The maximum absolute atomic E-state index is 5.91. The van der Waals surface area contributed by atoms with Gasteiger partial charge in [0.1, 0.15) is 12.4 Å². The molecule has 0 aliphatic carbocycles. The van der Waals surface area contributed by atoms with Crippen LogP contribution in [0.5, 0.6) is 5.75 Å². The Labute approximate surface area is 115 Å². The topological polar surface area (TPSA) is 52.5 Å². The molecular weight excluding hydrogens is 258 g/mol. The van der Waals surface area contributed by atoms with E-state index in [1.54, 1.807) is 11.3 Å². The van der Waals surface area contributed by atoms with Crippen LogP contribution in [0.4, 0.5) is 5.69 Å². The number of ether oxygens (including phenoxy) is 1. The van der Waals surface area contributed by atoms with Crippen LogP contribution in [0.1, 0.15) is 16.8 Å². The molecule has 0 saturated heterocycles. The summed E-state index contributed by atoms with van der Waals surface area (Å²) in [6.45, 7) is 4.45. The zero-order valence-electron chi connectivity index (χ0n) is 10.9. The lowest BCUT2D eigenvalue weighted by atomic mass is 10.1. The highest BCUT2D eigenvalue weighted by Gasteiger charge is 2.09. The van der Waals surface area contributed by atoms with Crippen LogP contribution in [0.2, 0.25) is 0 Å². The van der Waals surface area contributed by atoms with Gasteiger partial charge in [-0.05, 0) is 25.5 Å². The summed E-state index contributed by atoms with van der Waals surface area (Å²) < 4.78 is 7.88. The van der Waals surface area contributed by atoms with Gasteiger partial charge >= 0.3 is 0 Å². The number of hydrogen-bond acceptors (Lipinski definition) is 4. The number of anilines is 1. The van der Waals surface area contributed by atoms with Crippen molar-refractivity contribution in [3.63, 3.8) is 0 Å². The average molecular weight is 273 g/mol. The number of rotatable bonds is 3. The third-order valence-corrected chi connectivity index (χ3v) is 3.92. The van der Waals surface area contributed by atoms with E-state index in [0.717, 1.165) is 33.2 Å². The number of fused-ring (bicyclic) bond motifs is 1. The second-order valence-corrected chi connectivity index (χ2v) is 5.41. The number of hydrogen-bond donors (Lipinski definition) is 1. The molecule has 98 valence electrons. The molecule has 3 aromatic rings. The molecule has 0 radical (unpaired) electrons. The Morgan fingerprint density at radius 3 is 3.00 bits per heavy atom. The number of aromatic nitrogens is 2. The molecule has 0 fully saturated rings. The Balaban J connectivity index is 1.83. The van der Waals surface area contributed by atoms with Gasteiger partial charge in [-0.25, -0.2) is 4.98 Å². The van der Waals surface area contributed by atoms with E-state index in [1.807, 2.05) is 48.2 Å². The van der Waals surface area contributed by atoms with Gasteiger partial charge in [-0.1, -0.05) is 6.07 Å². The fourth-order valence-corrected chi connectivity index (χ4v) is 2.78. The number of thiazole rings is 1. The van der Waals surface area contributed by atoms with Crippen LogP contribution in [0.25, 0.3) is 4.96 Å². The van der Waals surface area contributed by atoms with Gasteiger partial charge < -0.3 is 10.5 Å². The second-order valence-electron chi connectivity index (χ2n) is 4.54. The molecule has 3 rings (SSSR count). The van der Waals surface area contributed by atoms with Crippen molar-refractivity contribution < 1.29 is 4.74 Å². The summed E-state index contributed by atoms with van der Waals surface area (Å²) in [7, 11) is 0. The first-order valence-corrected chi connectivity index (χ1v) is 6.92. The van der Waals surface area contributed by atoms with Crippen molar-refractivity contribution in [2.45, 2.75) is 20.5 Å². The molecule has 2 aromatic heterocycles. The van der Waals surface area contributed by atoms with Crippen molar-refractivity contribution in [3.8, 4) is 5.75 Å². The summed E-state index contributed by atoms with van der Waals surface area (Å²) in [4.78, 5) is 5.48. The van der Waals surface area contributed by atoms with Gasteiger partial charge in [-0.15, -0.1) is 11.3 Å². The molecule has 1 aromatic carbocycles. The van der Waals surface area contributed by atoms with E-state index >= 15 is 0 Å². The van der Waals surface area contributed by atoms with Crippen LogP contribution < -0.4 is 10.5 Å². The summed E-state index contributed by atoms with van der Waals surface area (Å²) >= 11 is 1.61. The van der Waals surface area contributed by atoms with Crippen molar-refractivity contribution >= 4 is 22.0 Å². The Bertz CT molecular complexity index is 701. The van der Waals surface area contributed by atoms with Crippen LogP contribution in [0.3, 0.4) is 0 Å². The normalized spacial score (nSPS) is 11.1. The summed E-state index contributed by atoms with van der Waals surface area (Å²) in [6, 6.07) is 3.88. The van der Waals surface area contributed by atoms with Crippen LogP contribution in [0.15, 0.2) is 29.9 Å². The van der Waals surface area contributed by atoms with E-state index in [4.69, 9.17) is 10.5 Å². The van der Waals surface area contributed by atoms with Crippen LogP contribution >= 0.6 is 11.3 Å². The lowest BCUT2D eigenvalue weighted by Crippen LogP contribution is -2.01. The quantitative estimate of drug-likeness (QED) is 0.746.